The van der Waals surface area contributed by atoms with E-state index in [0.717, 1.165) is 48.2 Å². The lowest BCUT2D eigenvalue weighted by atomic mass is 10.0. The van der Waals surface area contributed by atoms with Crippen LogP contribution < -0.4 is 10.6 Å². The number of alkyl halides is 3. The number of rotatable bonds is 6. The number of aliphatic hydroxyl groups is 1. The van der Waals surface area contributed by atoms with E-state index in [4.69, 9.17) is 0 Å². The molecule has 1 unspecified atom stereocenters. The van der Waals surface area contributed by atoms with Crippen LogP contribution in [-0.4, -0.2) is 21.6 Å². The van der Waals surface area contributed by atoms with Crippen LogP contribution in [0.1, 0.15) is 42.1 Å². The largest absolute Gasteiger partial charge is 0.416 e. The van der Waals surface area contributed by atoms with Crippen LogP contribution in [0.25, 0.3) is 11.3 Å². The molecule has 3 aromatic rings. The van der Waals surface area contributed by atoms with Crippen LogP contribution in [-0.2, 0) is 12.6 Å². The number of nitrogens with zero attached hydrogens (tertiary/aromatic N) is 2. The first kappa shape index (κ1) is 20.8. The number of halogens is 3. The Balaban J connectivity index is 1.46. The monoisotopic (exact) mass is 440 g/mol. The van der Waals surface area contributed by atoms with Crippen molar-refractivity contribution in [2.24, 2.45) is 5.92 Å². The normalized spacial score (nSPS) is 17.8. The third-order valence-electron chi connectivity index (χ3n) is 6.07. The minimum absolute atomic E-state index is 0.417. The van der Waals surface area contributed by atoms with E-state index in [2.05, 4.69) is 20.6 Å². The van der Waals surface area contributed by atoms with Crippen LogP contribution in [0.5, 0.6) is 0 Å². The van der Waals surface area contributed by atoms with Crippen LogP contribution in [0.3, 0.4) is 0 Å². The fraction of sp³-hybridized carbons (Fsp3) is 0.333. The number of nitrogens with one attached hydrogen (secondary N) is 2. The number of aromatic nitrogens is 2. The van der Waals surface area contributed by atoms with Gasteiger partial charge in [-0.1, -0.05) is 18.2 Å². The van der Waals surface area contributed by atoms with E-state index in [1.54, 1.807) is 6.07 Å². The van der Waals surface area contributed by atoms with Gasteiger partial charge in [-0.05, 0) is 60.9 Å². The molecular weight excluding hydrogens is 417 g/mol. The molecule has 0 amide bonds. The molecule has 5 rings (SSSR count). The maximum Gasteiger partial charge on any atom is 0.416 e. The molecule has 0 radical (unpaired) electrons. The molecule has 0 aliphatic heterocycles. The molecule has 2 aromatic carbocycles. The molecule has 5 nitrogen and oxygen atoms in total. The fourth-order valence-corrected chi connectivity index (χ4v) is 4.13. The number of benzene rings is 2. The molecular formula is C24H23F3N4O. The van der Waals surface area contributed by atoms with Gasteiger partial charge < -0.3 is 15.7 Å². The van der Waals surface area contributed by atoms with Crippen molar-refractivity contribution in [2.45, 2.75) is 38.0 Å². The maximum atomic E-state index is 13.3. The van der Waals surface area contributed by atoms with Gasteiger partial charge in [0.15, 0.2) is 0 Å². The molecule has 166 valence electrons. The van der Waals surface area contributed by atoms with E-state index in [9.17, 15) is 18.3 Å². The molecule has 0 saturated heterocycles. The predicted molar refractivity (Wildman–Crippen MR) is 117 cm³/mol. The summed E-state index contributed by atoms with van der Waals surface area (Å²) in [5.41, 5.74) is 3.69. The standard InChI is InChI=1S/C24H23F3N4O/c25-24(26,27)15-6-7-18(20(10-15)28-12-14-4-5-14)21-11-23(30-13-29-21)31-19-3-1-2-17-16(19)8-9-22(17)32/h1-3,6-7,10-11,13-14,22,28,32H,4-5,8-9,12H2,(H,29,30,31). The summed E-state index contributed by atoms with van der Waals surface area (Å²) in [6.07, 6.45) is 0.178. The summed E-state index contributed by atoms with van der Waals surface area (Å²) in [5.74, 6) is 1.05. The van der Waals surface area contributed by atoms with Crippen molar-refractivity contribution in [3.8, 4) is 11.3 Å². The third-order valence-corrected chi connectivity index (χ3v) is 6.07. The Kier molecular flexibility index (Phi) is 5.25. The van der Waals surface area contributed by atoms with Crippen molar-refractivity contribution in [1.29, 1.82) is 0 Å². The molecule has 1 aromatic heterocycles. The second kappa shape index (κ2) is 8.09. The first-order valence-electron chi connectivity index (χ1n) is 10.7. The number of hydrogen-bond acceptors (Lipinski definition) is 5. The Bertz CT molecular complexity index is 1140. The average molecular weight is 440 g/mol. The Morgan fingerprint density at radius 3 is 2.62 bits per heavy atom. The molecule has 32 heavy (non-hydrogen) atoms. The molecule has 1 heterocycles. The number of hydrogen-bond donors (Lipinski definition) is 3. The van der Waals surface area contributed by atoms with Crippen molar-refractivity contribution in [3.05, 3.63) is 65.5 Å². The minimum atomic E-state index is -4.41. The average Bonchev–Trinajstić information content (AvgIpc) is 3.53. The third kappa shape index (κ3) is 4.27. The predicted octanol–water partition coefficient (Wildman–Crippen LogP) is 5.71. The van der Waals surface area contributed by atoms with Gasteiger partial charge in [0.25, 0.3) is 0 Å². The van der Waals surface area contributed by atoms with E-state index in [1.165, 1.54) is 12.4 Å². The van der Waals surface area contributed by atoms with E-state index in [-0.39, 0.29) is 0 Å². The number of fused-ring (bicyclic) bond motifs is 1. The molecule has 8 heteroatoms. The Morgan fingerprint density at radius 1 is 1.00 bits per heavy atom. The van der Waals surface area contributed by atoms with Crippen LogP contribution in [0.15, 0.2) is 48.8 Å². The zero-order valence-electron chi connectivity index (χ0n) is 17.3. The van der Waals surface area contributed by atoms with Crippen molar-refractivity contribution in [1.82, 2.24) is 9.97 Å². The van der Waals surface area contributed by atoms with Crippen LogP contribution in [0, 0.1) is 5.92 Å². The summed E-state index contributed by atoms with van der Waals surface area (Å²) in [6, 6.07) is 11.2. The summed E-state index contributed by atoms with van der Waals surface area (Å²) in [4.78, 5) is 8.61. The molecule has 0 spiro atoms. The first-order chi connectivity index (χ1) is 15.4. The molecule has 2 aliphatic rings. The van der Waals surface area contributed by atoms with Gasteiger partial charge in [-0.25, -0.2) is 9.97 Å². The Hall–Kier alpha value is -3.13. The highest BCUT2D eigenvalue weighted by atomic mass is 19.4. The van der Waals surface area contributed by atoms with E-state index < -0.39 is 17.8 Å². The SMILES string of the molecule is OC1CCc2c(Nc3cc(-c4ccc(C(F)(F)F)cc4NCC4CC4)ncn3)cccc21. The summed E-state index contributed by atoms with van der Waals surface area (Å²) >= 11 is 0. The van der Waals surface area contributed by atoms with Crippen LogP contribution in [0.4, 0.5) is 30.4 Å². The van der Waals surface area contributed by atoms with Crippen molar-refractivity contribution < 1.29 is 18.3 Å². The molecule has 3 N–H and O–H groups in total. The fourth-order valence-electron chi connectivity index (χ4n) is 4.13. The highest BCUT2D eigenvalue weighted by Gasteiger charge is 2.31. The van der Waals surface area contributed by atoms with E-state index in [1.807, 2.05) is 18.2 Å². The quantitative estimate of drug-likeness (QED) is 0.458. The van der Waals surface area contributed by atoms with Gasteiger partial charge >= 0.3 is 6.18 Å². The second-order valence-electron chi connectivity index (χ2n) is 8.42. The molecule has 1 saturated carbocycles. The van der Waals surface area contributed by atoms with Crippen molar-refractivity contribution >= 4 is 17.2 Å². The Morgan fingerprint density at radius 2 is 1.84 bits per heavy atom. The van der Waals surface area contributed by atoms with Crippen LogP contribution >= 0.6 is 0 Å². The van der Waals surface area contributed by atoms with Gasteiger partial charge in [-0.2, -0.15) is 13.2 Å². The van der Waals surface area contributed by atoms with Crippen molar-refractivity contribution in [2.75, 3.05) is 17.2 Å². The summed E-state index contributed by atoms with van der Waals surface area (Å²) < 4.78 is 39.8. The molecule has 2 aliphatic carbocycles. The molecule has 1 fully saturated rings. The summed E-state index contributed by atoms with van der Waals surface area (Å²) in [5, 5.41) is 16.6. The smallest absolute Gasteiger partial charge is 0.388 e. The zero-order valence-corrected chi connectivity index (χ0v) is 17.3. The lowest BCUT2D eigenvalue weighted by molar-refractivity contribution is -0.137. The summed E-state index contributed by atoms with van der Waals surface area (Å²) in [7, 11) is 0. The van der Waals surface area contributed by atoms with Gasteiger partial charge in [0, 0.05) is 29.5 Å². The van der Waals surface area contributed by atoms with E-state index in [0.29, 0.717) is 41.6 Å². The first-order valence-corrected chi connectivity index (χ1v) is 10.7. The Labute approximate surface area is 183 Å². The zero-order chi connectivity index (χ0) is 22.3. The highest BCUT2D eigenvalue weighted by molar-refractivity contribution is 5.78. The van der Waals surface area contributed by atoms with E-state index >= 15 is 0 Å². The lowest BCUT2D eigenvalue weighted by Crippen LogP contribution is -2.09. The number of aliphatic hydroxyl groups excluding tert-OH is 1. The van der Waals surface area contributed by atoms with Gasteiger partial charge in [0.1, 0.15) is 12.1 Å². The highest BCUT2D eigenvalue weighted by Crippen LogP contribution is 2.39. The minimum Gasteiger partial charge on any atom is -0.388 e. The van der Waals surface area contributed by atoms with Gasteiger partial charge in [0.05, 0.1) is 17.4 Å². The van der Waals surface area contributed by atoms with Gasteiger partial charge in [-0.3, -0.25) is 0 Å². The van der Waals surface area contributed by atoms with Crippen LogP contribution in [0.2, 0.25) is 0 Å². The maximum absolute atomic E-state index is 13.3. The molecule has 1 atom stereocenters. The van der Waals surface area contributed by atoms with Gasteiger partial charge in [-0.15, -0.1) is 0 Å². The van der Waals surface area contributed by atoms with Gasteiger partial charge in [0.2, 0.25) is 0 Å². The topological polar surface area (TPSA) is 70.1 Å². The van der Waals surface area contributed by atoms with Crippen molar-refractivity contribution in [3.63, 3.8) is 0 Å². The number of anilines is 3. The second-order valence-corrected chi connectivity index (χ2v) is 8.42. The molecule has 0 bridgehead atoms. The lowest BCUT2D eigenvalue weighted by Gasteiger charge is -2.16. The summed E-state index contributed by atoms with van der Waals surface area (Å²) in [6.45, 7) is 0.642.